The summed E-state index contributed by atoms with van der Waals surface area (Å²) in [5.74, 6) is 0. The minimum Gasteiger partial charge on any atom is -0.103 e. The zero-order valence-corrected chi connectivity index (χ0v) is 28.5. The lowest BCUT2D eigenvalue weighted by Crippen LogP contribution is -2.32. The Kier molecular flexibility index (Phi) is 22.8. The molecule has 0 bridgehead atoms. The molecule has 0 heteroatoms. The van der Waals surface area contributed by atoms with Crippen LogP contribution >= 0.6 is 0 Å². The first-order chi connectivity index (χ1) is 17.8. The van der Waals surface area contributed by atoms with Gasteiger partial charge in [-0.2, -0.15) is 0 Å². The Labute approximate surface area is 243 Å². The molecule has 0 spiro atoms. The van der Waals surface area contributed by atoms with E-state index in [1.54, 1.807) is 0 Å². The Morgan fingerprint density at radius 3 is 1.55 bits per heavy atom. The molecule has 0 aromatic carbocycles. The van der Waals surface area contributed by atoms with E-state index in [1.165, 1.54) is 109 Å². The molecule has 226 valence electrons. The van der Waals surface area contributed by atoms with Crippen molar-refractivity contribution in [2.45, 2.75) is 185 Å². The molecule has 0 unspecified atom stereocenters. The van der Waals surface area contributed by atoms with Gasteiger partial charge in [0.25, 0.3) is 0 Å². The van der Waals surface area contributed by atoms with Gasteiger partial charge in [0.15, 0.2) is 0 Å². The maximum absolute atomic E-state index is 3.82. The van der Waals surface area contributed by atoms with Gasteiger partial charge in [0.05, 0.1) is 0 Å². The maximum atomic E-state index is 3.82. The van der Waals surface area contributed by atoms with Crippen molar-refractivity contribution in [3.8, 4) is 0 Å². The summed E-state index contributed by atoms with van der Waals surface area (Å²) in [5, 5.41) is 0. The van der Waals surface area contributed by atoms with Crippen LogP contribution in [0.2, 0.25) is 0 Å². The summed E-state index contributed by atoms with van der Waals surface area (Å²) in [6.45, 7) is 31.3. The van der Waals surface area contributed by atoms with Gasteiger partial charge in [-0.05, 0) is 98.7 Å². The smallest absolute Gasteiger partial charge is 0.0303 e. The zero-order valence-electron chi connectivity index (χ0n) is 28.5. The molecule has 0 fully saturated rings. The molecule has 0 saturated heterocycles. The van der Waals surface area contributed by atoms with E-state index in [-0.39, 0.29) is 0 Å². The predicted molar refractivity (Wildman–Crippen MR) is 179 cm³/mol. The summed E-state index contributed by atoms with van der Waals surface area (Å²) in [6, 6.07) is 0. The summed E-state index contributed by atoms with van der Waals surface area (Å²) in [6.07, 6.45) is 32.9. The second-order valence-corrected chi connectivity index (χ2v) is 14.3. The van der Waals surface area contributed by atoms with E-state index in [4.69, 9.17) is 0 Å². The van der Waals surface area contributed by atoms with Crippen molar-refractivity contribution in [3.63, 3.8) is 0 Å². The van der Waals surface area contributed by atoms with Crippen LogP contribution < -0.4 is 0 Å². The average molecular weight is 531 g/mol. The van der Waals surface area contributed by atoms with E-state index in [0.717, 1.165) is 6.42 Å². The molecular weight excluding hydrogens is 456 g/mol. The lowest BCUT2D eigenvalue weighted by atomic mass is 9.63. The van der Waals surface area contributed by atoms with Gasteiger partial charge >= 0.3 is 0 Å². The molecule has 1 aliphatic rings. The standard InChI is InChI=1S/C19H36.C17H32.C2H6/c1-7-9-11-12-13-15-17-19(5,6)18(3,4)16-14-10-8-2;1-16(2)14-12-10-8-6-5-7-9-11-13-15-17(16,3)4;1-2/h7-8H,1-2,9-17H2,3-6H3;6,8H,5,7,9-15H2,1-4H3;1-2H3. The van der Waals surface area contributed by atoms with Crippen molar-refractivity contribution in [2.75, 3.05) is 0 Å². The molecule has 0 heterocycles. The van der Waals surface area contributed by atoms with Crippen molar-refractivity contribution in [1.29, 1.82) is 0 Å². The maximum Gasteiger partial charge on any atom is -0.0303 e. The Morgan fingerprint density at radius 2 is 1.00 bits per heavy atom. The molecule has 38 heavy (non-hydrogen) atoms. The van der Waals surface area contributed by atoms with Crippen LogP contribution in [0.25, 0.3) is 0 Å². The number of hydrogen-bond donors (Lipinski definition) is 0. The SMILES string of the molecule is C=CCCCCCCC(C)(C)C(C)(C)CCCC=C.CC.CC1(C)CCCC=CCCCCCCC1(C)C. The fourth-order valence-corrected chi connectivity index (χ4v) is 5.33. The van der Waals surface area contributed by atoms with Gasteiger partial charge in [0, 0.05) is 0 Å². The van der Waals surface area contributed by atoms with E-state index in [1.807, 2.05) is 26.0 Å². The second-order valence-electron chi connectivity index (χ2n) is 14.3. The minimum atomic E-state index is 0.428. The van der Waals surface area contributed by atoms with Crippen LogP contribution in [0.1, 0.15) is 185 Å². The first kappa shape index (κ1) is 39.4. The Morgan fingerprint density at radius 1 is 0.579 bits per heavy atom. The Balaban J connectivity index is 0. The third-order valence-electron chi connectivity index (χ3n) is 10.1. The van der Waals surface area contributed by atoms with Crippen molar-refractivity contribution < 1.29 is 0 Å². The molecule has 1 rings (SSSR count). The molecule has 0 N–H and O–H groups in total. The molecule has 0 atom stereocenters. The van der Waals surface area contributed by atoms with Crippen molar-refractivity contribution in [3.05, 3.63) is 37.5 Å². The fraction of sp³-hybridized carbons (Fsp3) is 0.842. The molecule has 0 aromatic heterocycles. The highest BCUT2D eigenvalue weighted by Gasteiger charge is 2.36. The van der Waals surface area contributed by atoms with Crippen LogP contribution in [0.4, 0.5) is 0 Å². The number of hydrogen-bond acceptors (Lipinski definition) is 0. The zero-order chi connectivity index (χ0) is 29.6. The molecule has 1 aliphatic carbocycles. The lowest BCUT2D eigenvalue weighted by molar-refractivity contribution is 0.0826. The van der Waals surface area contributed by atoms with Gasteiger partial charge in [0.1, 0.15) is 0 Å². The van der Waals surface area contributed by atoms with Gasteiger partial charge in [-0.15, -0.1) is 13.2 Å². The average Bonchev–Trinajstić information content (AvgIpc) is 2.86. The van der Waals surface area contributed by atoms with E-state index >= 15 is 0 Å². The quantitative estimate of drug-likeness (QED) is 0.174. The van der Waals surface area contributed by atoms with Crippen LogP contribution in [0.5, 0.6) is 0 Å². The molecule has 0 radical (unpaired) electrons. The minimum absolute atomic E-state index is 0.428. The van der Waals surface area contributed by atoms with Crippen molar-refractivity contribution >= 4 is 0 Å². The highest BCUT2D eigenvalue weighted by Crippen LogP contribution is 2.47. The van der Waals surface area contributed by atoms with Gasteiger partial charge < -0.3 is 0 Å². The normalized spacial score (nSPS) is 18.3. The first-order valence-corrected chi connectivity index (χ1v) is 16.7. The lowest BCUT2D eigenvalue weighted by Gasteiger charge is -2.42. The summed E-state index contributed by atoms with van der Waals surface area (Å²) >= 11 is 0. The first-order valence-electron chi connectivity index (χ1n) is 16.7. The fourth-order valence-electron chi connectivity index (χ4n) is 5.33. The van der Waals surface area contributed by atoms with E-state index in [0.29, 0.717) is 21.7 Å². The van der Waals surface area contributed by atoms with E-state index in [9.17, 15) is 0 Å². The Bertz CT molecular complexity index is 583. The predicted octanol–water partition coefficient (Wildman–Crippen LogP) is 14.1. The molecule has 0 aliphatic heterocycles. The van der Waals surface area contributed by atoms with Gasteiger partial charge in [-0.25, -0.2) is 0 Å². The van der Waals surface area contributed by atoms with Crippen LogP contribution in [-0.2, 0) is 0 Å². The summed E-state index contributed by atoms with van der Waals surface area (Å²) in [4.78, 5) is 0. The van der Waals surface area contributed by atoms with E-state index < -0.39 is 0 Å². The molecule has 0 amide bonds. The van der Waals surface area contributed by atoms with Gasteiger partial charge in [-0.3, -0.25) is 0 Å². The van der Waals surface area contributed by atoms with Crippen LogP contribution in [0.15, 0.2) is 37.5 Å². The Hall–Kier alpha value is -0.780. The van der Waals surface area contributed by atoms with Gasteiger partial charge in [0.2, 0.25) is 0 Å². The largest absolute Gasteiger partial charge is 0.103 e. The number of rotatable bonds is 12. The van der Waals surface area contributed by atoms with Crippen molar-refractivity contribution in [1.82, 2.24) is 0 Å². The third-order valence-corrected chi connectivity index (χ3v) is 10.1. The molecule has 0 saturated carbocycles. The van der Waals surface area contributed by atoms with Crippen molar-refractivity contribution in [2.24, 2.45) is 21.7 Å². The monoisotopic (exact) mass is 531 g/mol. The number of unbranched alkanes of at least 4 members (excludes halogenated alkanes) is 5. The molecule has 0 aromatic rings. The van der Waals surface area contributed by atoms with Gasteiger partial charge in [-0.1, -0.05) is 132 Å². The van der Waals surface area contributed by atoms with E-state index in [2.05, 4.69) is 80.7 Å². The summed E-state index contributed by atoms with van der Waals surface area (Å²) < 4.78 is 0. The summed E-state index contributed by atoms with van der Waals surface area (Å²) in [5.41, 5.74) is 1.84. The molecule has 0 nitrogen and oxygen atoms in total. The summed E-state index contributed by atoms with van der Waals surface area (Å²) in [7, 11) is 0. The molecular formula is C38H74. The topological polar surface area (TPSA) is 0 Å². The van der Waals surface area contributed by atoms with Crippen LogP contribution in [0.3, 0.4) is 0 Å². The third kappa shape index (κ3) is 17.7. The number of allylic oxidation sites excluding steroid dienone is 4. The van der Waals surface area contributed by atoms with Crippen LogP contribution in [0, 0.1) is 21.7 Å². The highest BCUT2D eigenvalue weighted by atomic mass is 14.4. The van der Waals surface area contributed by atoms with Crippen LogP contribution in [-0.4, -0.2) is 0 Å². The second kappa shape index (κ2) is 22.0. The highest BCUT2D eigenvalue weighted by molar-refractivity contribution is 4.89.